The zero-order chi connectivity index (χ0) is 12.7. The molecule has 17 heavy (non-hydrogen) atoms. The molecule has 0 saturated carbocycles. The summed E-state index contributed by atoms with van der Waals surface area (Å²) in [5.74, 6) is 0.651. The second-order valence-electron chi connectivity index (χ2n) is 3.43. The molecule has 0 saturated heterocycles. The van der Waals surface area contributed by atoms with E-state index in [1.807, 2.05) is 31.2 Å². The van der Waals surface area contributed by atoms with Gasteiger partial charge in [0.15, 0.2) is 5.11 Å². The first-order valence-electron chi connectivity index (χ1n) is 5.36. The summed E-state index contributed by atoms with van der Waals surface area (Å²) in [7, 11) is 1.61. The molecule has 0 radical (unpaired) electrons. The summed E-state index contributed by atoms with van der Waals surface area (Å²) in [5.41, 5.74) is 0.919. The highest BCUT2D eigenvalue weighted by Gasteiger charge is 2.05. The first-order chi connectivity index (χ1) is 8.15. The summed E-state index contributed by atoms with van der Waals surface area (Å²) in [5, 5.41) is 5.83. The number of thiocarbonyl (C=S) groups is 1. The lowest BCUT2D eigenvalue weighted by Crippen LogP contribution is -2.39. The number of nitrogens with one attached hydrogen (secondary N) is 2. The summed E-state index contributed by atoms with van der Waals surface area (Å²) >= 11 is 4.92. The van der Waals surface area contributed by atoms with Gasteiger partial charge < -0.3 is 15.4 Å². The minimum atomic E-state index is -0.124. The first-order valence-corrected chi connectivity index (χ1v) is 5.77. The van der Waals surface area contributed by atoms with Gasteiger partial charge in [-0.05, 0) is 36.8 Å². The Morgan fingerprint density at radius 3 is 2.53 bits per heavy atom. The molecule has 0 aliphatic heterocycles. The third kappa shape index (κ3) is 4.82. The van der Waals surface area contributed by atoms with E-state index in [2.05, 4.69) is 10.6 Å². The molecule has 2 N–H and O–H groups in total. The van der Waals surface area contributed by atoms with Crippen molar-refractivity contribution >= 4 is 23.2 Å². The van der Waals surface area contributed by atoms with E-state index >= 15 is 0 Å². The molecule has 0 aromatic heterocycles. The van der Waals surface area contributed by atoms with Gasteiger partial charge in [0.25, 0.3) is 0 Å². The Labute approximate surface area is 106 Å². The molecule has 0 aliphatic rings. The molecule has 0 aliphatic carbocycles. The first kappa shape index (κ1) is 13.4. The highest BCUT2D eigenvalue weighted by Crippen LogP contribution is 2.11. The van der Waals surface area contributed by atoms with Gasteiger partial charge in [0.05, 0.1) is 13.5 Å². The van der Waals surface area contributed by atoms with Gasteiger partial charge in [-0.25, -0.2) is 0 Å². The number of hydrogen-bond acceptors (Lipinski definition) is 3. The van der Waals surface area contributed by atoms with E-state index in [1.54, 1.807) is 7.11 Å². The molecule has 1 aromatic rings. The van der Waals surface area contributed by atoms with Crippen molar-refractivity contribution < 1.29 is 9.53 Å². The molecule has 0 spiro atoms. The molecule has 4 nitrogen and oxygen atoms in total. The maximum Gasteiger partial charge on any atom is 0.230 e. The van der Waals surface area contributed by atoms with Gasteiger partial charge >= 0.3 is 0 Å². The van der Waals surface area contributed by atoms with Crippen LogP contribution in [0.5, 0.6) is 5.75 Å². The highest BCUT2D eigenvalue weighted by atomic mass is 32.1. The third-order valence-corrected chi connectivity index (χ3v) is 2.36. The van der Waals surface area contributed by atoms with Crippen molar-refractivity contribution in [2.75, 3.05) is 13.7 Å². The smallest absolute Gasteiger partial charge is 0.230 e. The second kappa shape index (κ2) is 6.85. The van der Waals surface area contributed by atoms with Crippen molar-refractivity contribution in [1.29, 1.82) is 0 Å². The summed E-state index contributed by atoms with van der Waals surface area (Å²) in [6, 6.07) is 7.36. The van der Waals surface area contributed by atoms with Gasteiger partial charge in [-0.1, -0.05) is 12.1 Å². The van der Waals surface area contributed by atoms with E-state index in [1.165, 1.54) is 0 Å². The summed E-state index contributed by atoms with van der Waals surface area (Å²) in [6.07, 6.45) is 0.301. The Kier molecular flexibility index (Phi) is 5.42. The lowest BCUT2D eigenvalue weighted by atomic mass is 10.1. The van der Waals surface area contributed by atoms with E-state index in [0.717, 1.165) is 11.3 Å². The minimum absolute atomic E-state index is 0.124. The van der Waals surface area contributed by atoms with Gasteiger partial charge in [0.2, 0.25) is 5.91 Å². The fourth-order valence-corrected chi connectivity index (χ4v) is 1.56. The van der Waals surface area contributed by atoms with E-state index < -0.39 is 0 Å². The maximum atomic E-state index is 11.6. The van der Waals surface area contributed by atoms with E-state index in [9.17, 15) is 4.79 Å². The van der Waals surface area contributed by atoms with Crippen LogP contribution < -0.4 is 15.4 Å². The van der Waals surface area contributed by atoms with Crippen molar-refractivity contribution in [3.05, 3.63) is 29.8 Å². The van der Waals surface area contributed by atoms with Crippen LogP contribution in [0.2, 0.25) is 0 Å². The third-order valence-electron chi connectivity index (χ3n) is 2.11. The van der Waals surface area contributed by atoms with Gasteiger partial charge in [-0.2, -0.15) is 0 Å². The van der Waals surface area contributed by atoms with E-state index in [0.29, 0.717) is 18.1 Å². The number of ether oxygens (including phenoxy) is 1. The predicted molar refractivity (Wildman–Crippen MR) is 71.1 cm³/mol. The van der Waals surface area contributed by atoms with Crippen molar-refractivity contribution in [3.63, 3.8) is 0 Å². The van der Waals surface area contributed by atoms with Gasteiger partial charge in [-0.3, -0.25) is 4.79 Å². The average Bonchev–Trinajstić information content (AvgIpc) is 2.30. The van der Waals surface area contributed by atoms with Crippen LogP contribution in [-0.4, -0.2) is 24.7 Å². The Bertz CT molecular complexity index is 390. The van der Waals surface area contributed by atoms with Crippen LogP contribution in [0.15, 0.2) is 24.3 Å². The molecule has 0 bridgehead atoms. The van der Waals surface area contributed by atoms with E-state index in [-0.39, 0.29) is 5.91 Å². The van der Waals surface area contributed by atoms with Gasteiger partial charge in [0, 0.05) is 6.54 Å². The second-order valence-corrected chi connectivity index (χ2v) is 3.84. The van der Waals surface area contributed by atoms with Gasteiger partial charge in [-0.15, -0.1) is 0 Å². The fraction of sp³-hybridized carbons (Fsp3) is 0.333. The van der Waals surface area contributed by atoms with E-state index in [4.69, 9.17) is 17.0 Å². The van der Waals surface area contributed by atoms with Gasteiger partial charge in [0.1, 0.15) is 5.75 Å². The molecular formula is C12H16N2O2S. The lowest BCUT2D eigenvalue weighted by molar-refractivity contribution is -0.119. The standard InChI is InChI=1S/C12H16N2O2S/c1-3-13-12(17)14-11(15)8-9-4-6-10(16-2)7-5-9/h4-7H,3,8H2,1-2H3,(H2,13,14,15,17). The van der Waals surface area contributed by atoms with Crippen LogP contribution in [0.1, 0.15) is 12.5 Å². The number of rotatable bonds is 4. The van der Waals surface area contributed by atoms with Crippen LogP contribution in [0, 0.1) is 0 Å². The molecule has 92 valence electrons. The number of amides is 1. The van der Waals surface area contributed by atoms with Crippen molar-refractivity contribution in [1.82, 2.24) is 10.6 Å². The van der Waals surface area contributed by atoms with Crippen molar-refractivity contribution in [2.45, 2.75) is 13.3 Å². The van der Waals surface area contributed by atoms with Crippen LogP contribution in [-0.2, 0) is 11.2 Å². The normalized spacial score (nSPS) is 9.53. The monoisotopic (exact) mass is 252 g/mol. The Balaban J connectivity index is 2.47. The molecular weight excluding hydrogens is 236 g/mol. The maximum absolute atomic E-state index is 11.6. The topological polar surface area (TPSA) is 50.4 Å². The Morgan fingerprint density at radius 1 is 1.35 bits per heavy atom. The van der Waals surface area contributed by atoms with Crippen molar-refractivity contribution in [3.8, 4) is 5.75 Å². The summed E-state index contributed by atoms with van der Waals surface area (Å²) in [4.78, 5) is 11.6. The summed E-state index contributed by atoms with van der Waals surface area (Å²) in [6.45, 7) is 2.61. The number of benzene rings is 1. The molecule has 0 unspecified atom stereocenters. The Morgan fingerprint density at radius 2 is 2.00 bits per heavy atom. The number of carbonyl (C=O) groups is 1. The zero-order valence-corrected chi connectivity index (χ0v) is 10.8. The Hall–Kier alpha value is -1.62. The number of carbonyl (C=O) groups excluding carboxylic acids is 1. The van der Waals surface area contributed by atoms with Crippen LogP contribution in [0.25, 0.3) is 0 Å². The molecule has 5 heteroatoms. The SMILES string of the molecule is CCNC(=S)NC(=O)Cc1ccc(OC)cc1. The van der Waals surface area contributed by atoms with Crippen LogP contribution in [0.3, 0.4) is 0 Å². The summed E-state index contributed by atoms with van der Waals surface area (Å²) < 4.78 is 5.04. The molecule has 1 amide bonds. The zero-order valence-electron chi connectivity index (χ0n) is 9.95. The van der Waals surface area contributed by atoms with Crippen molar-refractivity contribution in [2.24, 2.45) is 0 Å². The quantitative estimate of drug-likeness (QED) is 0.792. The predicted octanol–water partition coefficient (Wildman–Crippen LogP) is 1.25. The van der Waals surface area contributed by atoms with Crippen LogP contribution in [0.4, 0.5) is 0 Å². The molecule has 0 atom stereocenters. The minimum Gasteiger partial charge on any atom is -0.497 e. The highest BCUT2D eigenvalue weighted by molar-refractivity contribution is 7.80. The van der Waals surface area contributed by atoms with Crippen LogP contribution >= 0.6 is 12.2 Å². The number of hydrogen-bond donors (Lipinski definition) is 2. The largest absolute Gasteiger partial charge is 0.497 e. The lowest BCUT2D eigenvalue weighted by Gasteiger charge is -2.07. The fourth-order valence-electron chi connectivity index (χ4n) is 1.30. The molecule has 1 rings (SSSR count). The molecule has 1 aromatic carbocycles. The molecule has 0 fully saturated rings. The molecule has 0 heterocycles. The average molecular weight is 252 g/mol. The number of methoxy groups -OCH3 is 1.